The van der Waals surface area contributed by atoms with Crippen molar-refractivity contribution in [1.82, 2.24) is 25.4 Å². The van der Waals surface area contributed by atoms with Crippen LogP contribution in [0.3, 0.4) is 0 Å². The van der Waals surface area contributed by atoms with Crippen molar-refractivity contribution in [3.8, 4) is 11.4 Å². The van der Waals surface area contributed by atoms with Crippen LogP contribution in [-0.4, -0.2) is 65.1 Å². The van der Waals surface area contributed by atoms with Gasteiger partial charge in [0.05, 0.1) is 10.5 Å². The van der Waals surface area contributed by atoms with Crippen LogP contribution in [0.5, 0.6) is 0 Å². The zero-order chi connectivity index (χ0) is 18.8. The second kappa shape index (κ2) is 7.06. The highest BCUT2D eigenvalue weighted by Gasteiger charge is 2.40. The summed E-state index contributed by atoms with van der Waals surface area (Å²) in [6.07, 6.45) is 1.48. The molecule has 0 radical (unpaired) electrons. The number of hydrogen-bond acceptors (Lipinski definition) is 5. The molecule has 1 aliphatic heterocycles. The van der Waals surface area contributed by atoms with Gasteiger partial charge < -0.3 is 10.2 Å². The predicted octanol–water partition coefficient (Wildman–Crippen LogP) is 1.06. The third kappa shape index (κ3) is 3.72. The Morgan fingerprint density at radius 3 is 2.88 bits per heavy atom. The van der Waals surface area contributed by atoms with Gasteiger partial charge in [0.15, 0.2) is 21.6 Å². The van der Waals surface area contributed by atoms with Gasteiger partial charge in [-0.3, -0.25) is 10.1 Å². The standard InChI is InChI=1S/C17H24N6O2S/c1-17(2)11-23(7-8-26(17,24)25)16(18-3)19-10-13-5-4-6-14(9-13)15-20-12-21-22-15/h4-6,9,12H,7-8,10-11H2,1-3H3,(H,18,19)(H,20,21,22). The van der Waals surface area contributed by atoms with Crippen molar-refractivity contribution in [2.24, 2.45) is 4.99 Å². The fraction of sp³-hybridized carbons (Fsp3) is 0.471. The van der Waals surface area contributed by atoms with E-state index in [2.05, 4.69) is 25.5 Å². The molecule has 0 bridgehead atoms. The molecule has 0 unspecified atom stereocenters. The third-order valence-corrected chi connectivity index (χ3v) is 7.15. The molecule has 1 aromatic heterocycles. The maximum Gasteiger partial charge on any atom is 0.193 e. The molecule has 1 aliphatic rings. The van der Waals surface area contributed by atoms with E-state index in [-0.39, 0.29) is 5.75 Å². The number of aromatic nitrogens is 3. The number of guanidine groups is 1. The van der Waals surface area contributed by atoms with Crippen LogP contribution in [0.25, 0.3) is 11.4 Å². The van der Waals surface area contributed by atoms with Crippen LogP contribution in [-0.2, 0) is 16.4 Å². The van der Waals surface area contributed by atoms with Gasteiger partial charge in [-0.1, -0.05) is 18.2 Å². The Morgan fingerprint density at radius 1 is 1.42 bits per heavy atom. The van der Waals surface area contributed by atoms with Gasteiger partial charge in [-0.15, -0.1) is 0 Å². The highest BCUT2D eigenvalue weighted by atomic mass is 32.2. The first kappa shape index (κ1) is 18.4. The number of rotatable bonds is 3. The zero-order valence-corrected chi connectivity index (χ0v) is 16.0. The van der Waals surface area contributed by atoms with Crippen LogP contribution in [0.2, 0.25) is 0 Å². The molecule has 0 saturated carbocycles. The van der Waals surface area contributed by atoms with Crippen LogP contribution in [0.15, 0.2) is 35.6 Å². The lowest BCUT2D eigenvalue weighted by atomic mass is 10.1. The molecule has 0 amide bonds. The molecular formula is C17H24N6O2S. The molecule has 1 saturated heterocycles. The quantitative estimate of drug-likeness (QED) is 0.613. The van der Waals surface area contributed by atoms with Crippen LogP contribution in [0.1, 0.15) is 19.4 Å². The minimum atomic E-state index is -3.07. The molecule has 2 aromatic rings. The lowest BCUT2D eigenvalue weighted by molar-refractivity contribution is 0.353. The zero-order valence-electron chi connectivity index (χ0n) is 15.2. The third-order valence-electron chi connectivity index (χ3n) is 4.62. The number of sulfone groups is 1. The highest BCUT2D eigenvalue weighted by Crippen LogP contribution is 2.23. The minimum absolute atomic E-state index is 0.141. The fourth-order valence-electron chi connectivity index (χ4n) is 3.01. The van der Waals surface area contributed by atoms with E-state index in [1.165, 1.54) is 6.33 Å². The van der Waals surface area contributed by atoms with Gasteiger partial charge in [0, 0.05) is 32.2 Å². The SMILES string of the molecule is CN=C(NCc1cccc(-c2ncn[nH]2)c1)N1CCS(=O)(=O)C(C)(C)C1. The lowest BCUT2D eigenvalue weighted by Gasteiger charge is -2.39. The Hall–Kier alpha value is -2.42. The van der Waals surface area contributed by atoms with Gasteiger partial charge in [0.25, 0.3) is 0 Å². The van der Waals surface area contributed by atoms with Crippen LogP contribution >= 0.6 is 0 Å². The number of H-pyrrole nitrogens is 1. The molecule has 2 N–H and O–H groups in total. The summed E-state index contributed by atoms with van der Waals surface area (Å²) in [7, 11) is -1.36. The predicted molar refractivity (Wildman–Crippen MR) is 101 cm³/mol. The lowest BCUT2D eigenvalue weighted by Crippen LogP contribution is -2.57. The Morgan fingerprint density at radius 2 is 2.23 bits per heavy atom. The normalized spacial score (nSPS) is 19.3. The van der Waals surface area contributed by atoms with Crippen LogP contribution in [0, 0.1) is 0 Å². The topological polar surface area (TPSA) is 103 Å². The molecule has 8 nitrogen and oxygen atoms in total. The second-order valence-corrected chi connectivity index (χ2v) is 9.68. The van der Waals surface area contributed by atoms with Gasteiger partial charge >= 0.3 is 0 Å². The Balaban J connectivity index is 1.68. The number of aliphatic imine (C=N–C) groups is 1. The molecule has 140 valence electrons. The number of benzene rings is 1. The Labute approximate surface area is 153 Å². The number of nitrogens with one attached hydrogen (secondary N) is 2. The van der Waals surface area contributed by atoms with Crippen LogP contribution in [0.4, 0.5) is 0 Å². The van der Waals surface area contributed by atoms with E-state index < -0.39 is 14.6 Å². The van der Waals surface area contributed by atoms with Gasteiger partial charge in [-0.05, 0) is 25.5 Å². The molecular weight excluding hydrogens is 352 g/mol. The van der Waals surface area contributed by atoms with Gasteiger partial charge in [-0.25, -0.2) is 13.4 Å². The number of nitrogens with zero attached hydrogens (tertiary/aromatic N) is 4. The van der Waals surface area contributed by atoms with Crippen molar-refractivity contribution in [2.75, 3.05) is 25.9 Å². The minimum Gasteiger partial charge on any atom is -0.352 e. The first-order chi connectivity index (χ1) is 12.3. The van der Waals surface area contributed by atoms with Crippen molar-refractivity contribution in [1.29, 1.82) is 0 Å². The number of hydrogen-bond donors (Lipinski definition) is 2. The maximum atomic E-state index is 12.2. The Kier molecular flexibility index (Phi) is 4.99. The molecule has 0 atom stereocenters. The molecule has 0 aliphatic carbocycles. The summed E-state index contributed by atoms with van der Waals surface area (Å²) in [5, 5.41) is 10.1. The number of aromatic amines is 1. The Bertz CT molecular complexity index is 890. The molecule has 26 heavy (non-hydrogen) atoms. The van der Waals surface area contributed by atoms with Gasteiger partial charge in [0.1, 0.15) is 6.33 Å². The first-order valence-corrected chi connectivity index (χ1v) is 10.1. The van der Waals surface area contributed by atoms with Crippen molar-refractivity contribution in [2.45, 2.75) is 25.1 Å². The van der Waals surface area contributed by atoms with E-state index in [1.54, 1.807) is 20.9 Å². The second-order valence-electron chi connectivity index (χ2n) is 6.94. The highest BCUT2D eigenvalue weighted by molar-refractivity contribution is 7.92. The molecule has 9 heteroatoms. The summed E-state index contributed by atoms with van der Waals surface area (Å²) in [5.41, 5.74) is 2.03. The summed E-state index contributed by atoms with van der Waals surface area (Å²) in [5.74, 6) is 1.57. The van der Waals surface area contributed by atoms with Crippen molar-refractivity contribution < 1.29 is 8.42 Å². The fourth-order valence-corrected chi connectivity index (χ4v) is 4.38. The monoisotopic (exact) mass is 376 g/mol. The van der Waals surface area contributed by atoms with Crippen molar-refractivity contribution in [3.63, 3.8) is 0 Å². The van der Waals surface area contributed by atoms with E-state index in [1.807, 2.05) is 29.2 Å². The average molecular weight is 376 g/mol. The van der Waals surface area contributed by atoms with E-state index in [0.29, 0.717) is 25.6 Å². The van der Waals surface area contributed by atoms with Crippen LogP contribution < -0.4 is 5.32 Å². The summed E-state index contributed by atoms with van der Waals surface area (Å²) in [6.45, 7) is 4.99. The summed E-state index contributed by atoms with van der Waals surface area (Å²) >= 11 is 0. The van der Waals surface area contributed by atoms with Crippen molar-refractivity contribution >= 4 is 15.8 Å². The first-order valence-electron chi connectivity index (χ1n) is 8.45. The van der Waals surface area contributed by atoms with E-state index in [0.717, 1.165) is 17.0 Å². The summed E-state index contributed by atoms with van der Waals surface area (Å²) in [4.78, 5) is 10.5. The molecule has 3 rings (SSSR count). The molecule has 2 heterocycles. The molecule has 0 spiro atoms. The van der Waals surface area contributed by atoms with Crippen molar-refractivity contribution in [3.05, 3.63) is 36.2 Å². The van der Waals surface area contributed by atoms with E-state index in [9.17, 15) is 8.42 Å². The van der Waals surface area contributed by atoms with E-state index in [4.69, 9.17) is 0 Å². The maximum absolute atomic E-state index is 12.2. The average Bonchev–Trinajstić information content (AvgIpc) is 3.13. The largest absolute Gasteiger partial charge is 0.352 e. The van der Waals surface area contributed by atoms with Gasteiger partial charge in [-0.2, -0.15) is 5.10 Å². The smallest absolute Gasteiger partial charge is 0.193 e. The summed E-state index contributed by atoms with van der Waals surface area (Å²) < 4.78 is 23.6. The molecule has 1 fully saturated rings. The summed E-state index contributed by atoms with van der Waals surface area (Å²) in [6, 6.07) is 7.99. The van der Waals surface area contributed by atoms with Gasteiger partial charge in [0.2, 0.25) is 0 Å². The molecule has 1 aromatic carbocycles. The van der Waals surface area contributed by atoms with E-state index >= 15 is 0 Å².